The highest BCUT2D eigenvalue weighted by Gasteiger charge is 2.09. The second kappa shape index (κ2) is 6.48. The molecule has 2 nitrogen and oxygen atoms in total. The maximum atomic E-state index is 4.66. The monoisotopic (exact) mass is 316 g/mol. The van der Waals surface area contributed by atoms with Crippen LogP contribution in [0.25, 0.3) is 5.69 Å². The van der Waals surface area contributed by atoms with E-state index in [4.69, 9.17) is 0 Å². The Kier molecular flexibility index (Phi) is 4.39. The summed E-state index contributed by atoms with van der Waals surface area (Å²) < 4.78 is 2.28. The van der Waals surface area contributed by atoms with E-state index in [0.29, 0.717) is 0 Å². The fourth-order valence-electron chi connectivity index (χ4n) is 2.96. The van der Waals surface area contributed by atoms with Crippen LogP contribution in [0.4, 0.5) is 5.69 Å². The van der Waals surface area contributed by atoms with E-state index in [0.717, 1.165) is 11.3 Å². The van der Waals surface area contributed by atoms with E-state index in [1.54, 1.807) is 0 Å². The molecule has 0 aliphatic heterocycles. The lowest BCUT2D eigenvalue weighted by Crippen LogP contribution is -1.99. The normalized spacial score (nSPS) is 11.4. The summed E-state index contributed by atoms with van der Waals surface area (Å²) in [5, 5.41) is 0. The molecule has 3 aromatic rings. The predicted octanol–water partition coefficient (Wildman–Crippen LogP) is 5.77. The van der Waals surface area contributed by atoms with Crippen molar-refractivity contribution in [1.29, 1.82) is 0 Å². The molecule has 24 heavy (non-hydrogen) atoms. The van der Waals surface area contributed by atoms with Crippen molar-refractivity contribution in [2.45, 2.75) is 34.6 Å². The highest BCUT2D eigenvalue weighted by molar-refractivity contribution is 5.84. The van der Waals surface area contributed by atoms with Gasteiger partial charge in [-0.3, -0.25) is 4.99 Å². The first kappa shape index (κ1) is 16.3. The van der Waals surface area contributed by atoms with Crippen molar-refractivity contribution in [3.63, 3.8) is 0 Å². The lowest BCUT2D eigenvalue weighted by atomic mass is 10.1. The lowest BCUT2D eigenvalue weighted by molar-refractivity contribution is 0.964. The number of hydrogen-bond acceptors (Lipinski definition) is 1. The third-order valence-corrected chi connectivity index (χ3v) is 4.61. The number of rotatable bonds is 3. The molecule has 0 spiro atoms. The van der Waals surface area contributed by atoms with E-state index < -0.39 is 0 Å². The van der Waals surface area contributed by atoms with Gasteiger partial charge in [-0.15, -0.1) is 0 Å². The van der Waals surface area contributed by atoms with Crippen molar-refractivity contribution >= 4 is 11.9 Å². The molecule has 2 aromatic carbocycles. The summed E-state index contributed by atoms with van der Waals surface area (Å²) in [4.78, 5) is 4.66. The molecule has 0 radical (unpaired) electrons. The Balaban J connectivity index is 1.95. The quantitative estimate of drug-likeness (QED) is 0.546. The highest BCUT2D eigenvalue weighted by atomic mass is 15.0. The zero-order chi connectivity index (χ0) is 17.3. The van der Waals surface area contributed by atoms with Crippen molar-refractivity contribution in [1.82, 2.24) is 4.57 Å². The summed E-state index contributed by atoms with van der Waals surface area (Å²) in [7, 11) is 0. The Morgan fingerprint density at radius 1 is 0.792 bits per heavy atom. The molecule has 0 bridgehead atoms. The number of aryl methyl sites for hydroxylation is 4. The van der Waals surface area contributed by atoms with E-state index in [1.807, 2.05) is 6.21 Å². The van der Waals surface area contributed by atoms with Gasteiger partial charge in [0.25, 0.3) is 0 Å². The smallest absolute Gasteiger partial charge is 0.0632 e. The van der Waals surface area contributed by atoms with Crippen LogP contribution in [0.15, 0.2) is 53.5 Å². The summed E-state index contributed by atoms with van der Waals surface area (Å²) >= 11 is 0. The Labute approximate surface area is 144 Å². The molecule has 0 saturated heterocycles. The molecule has 3 rings (SSSR count). The maximum Gasteiger partial charge on any atom is 0.0632 e. The van der Waals surface area contributed by atoms with E-state index in [2.05, 4.69) is 92.7 Å². The van der Waals surface area contributed by atoms with Gasteiger partial charge in [-0.05, 0) is 76.1 Å². The minimum Gasteiger partial charge on any atom is -0.318 e. The highest BCUT2D eigenvalue weighted by Crippen LogP contribution is 2.22. The SMILES string of the molecule is Cc1ccc(-n2c(C)cc(C=Nc3ccc(C)c(C)c3)c2C)cc1. The molecular formula is C22H24N2. The second-order valence-electron chi connectivity index (χ2n) is 6.52. The summed E-state index contributed by atoms with van der Waals surface area (Å²) in [6.45, 7) is 10.6. The Hall–Kier alpha value is -2.61. The van der Waals surface area contributed by atoms with Crippen LogP contribution in [-0.4, -0.2) is 10.8 Å². The molecule has 0 atom stereocenters. The summed E-state index contributed by atoms with van der Waals surface area (Å²) in [5.41, 5.74) is 9.63. The van der Waals surface area contributed by atoms with Crippen molar-refractivity contribution in [2.75, 3.05) is 0 Å². The summed E-state index contributed by atoms with van der Waals surface area (Å²) in [6.07, 6.45) is 1.97. The molecule has 0 N–H and O–H groups in total. The first-order valence-electron chi connectivity index (χ1n) is 8.33. The van der Waals surface area contributed by atoms with Crippen LogP contribution in [0.1, 0.15) is 33.6 Å². The third-order valence-electron chi connectivity index (χ3n) is 4.61. The van der Waals surface area contributed by atoms with Gasteiger partial charge in [0.1, 0.15) is 0 Å². The number of nitrogens with zero attached hydrogens (tertiary/aromatic N) is 2. The van der Waals surface area contributed by atoms with Gasteiger partial charge in [0.15, 0.2) is 0 Å². The minimum absolute atomic E-state index is 0.998. The number of aliphatic imine (C=N–C) groups is 1. The molecule has 0 saturated carbocycles. The number of benzene rings is 2. The van der Waals surface area contributed by atoms with Crippen molar-refractivity contribution in [3.05, 3.63) is 82.2 Å². The second-order valence-corrected chi connectivity index (χ2v) is 6.52. The molecule has 0 fully saturated rings. The van der Waals surface area contributed by atoms with Crippen LogP contribution in [0, 0.1) is 34.6 Å². The molecule has 0 unspecified atom stereocenters. The molecule has 2 heteroatoms. The largest absolute Gasteiger partial charge is 0.318 e. The van der Waals surface area contributed by atoms with E-state index in [9.17, 15) is 0 Å². The van der Waals surface area contributed by atoms with E-state index >= 15 is 0 Å². The van der Waals surface area contributed by atoms with Gasteiger partial charge in [-0.2, -0.15) is 0 Å². The maximum absolute atomic E-state index is 4.66. The standard InChI is InChI=1S/C22H24N2/c1-15-6-10-22(11-7-15)24-18(4)13-20(19(24)5)14-23-21-9-8-16(2)17(3)12-21/h6-14H,1-5H3. The molecule has 0 amide bonds. The summed E-state index contributed by atoms with van der Waals surface area (Å²) in [6, 6.07) is 17.1. The fraction of sp³-hybridized carbons (Fsp3) is 0.227. The van der Waals surface area contributed by atoms with Crippen LogP contribution in [-0.2, 0) is 0 Å². The van der Waals surface area contributed by atoms with Crippen LogP contribution >= 0.6 is 0 Å². The zero-order valence-corrected chi connectivity index (χ0v) is 15.1. The number of hydrogen-bond donors (Lipinski definition) is 0. The molecule has 0 aliphatic carbocycles. The van der Waals surface area contributed by atoms with E-state index in [-0.39, 0.29) is 0 Å². The fourth-order valence-corrected chi connectivity index (χ4v) is 2.96. The van der Waals surface area contributed by atoms with Gasteiger partial charge in [0.2, 0.25) is 0 Å². The van der Waals surface area contributed by atoms with Crippen LogP contribution in [0.2, 0.25) is 0 Å². The molecule has 0 aliphatic rings. The first-order chi connectivity index (χ1) is 11.5. The Morgan fingerprint density at radius 2 is 1.50 bits per heavy atom. The van der Waals surface area contributed by atoms with Gasteiger partial charge in [-0.25, -0.2) is 0 Å². The molecule has 1 aromatic heterocycles. The third kappa shape index (κ3) is 3.18. The van der Waals surface area contributed by atoms with Gasteiger partial charge in [-0.1, -0.05) is 23.8 Å². The zero-order valence-electron chi connectivity index (χ0n) is 15.1. The number of aromatic nitrogens is 1. The van der Waals surface area contributed by atoms with Gasteiger partial charge < -0.3 is 4.57 Å². The van der Waals surface area contributed by atoms with Gasteiger partial charge >= 0.3 is 0 Å². The molecule has 1 heterocycles. The van der Waals surface area contributed by atoms with Crippen LogP contribution in [0.3, 0.4) is 0 Å². The first-order valence-corrected chi connectivity index (χ1v) is 8.33. The van der Waals surface area contributed by atoms with Crippen molar-refractivity contribution in [2.24, 2.45) is 4.99 Å². The Bertz CT molecular complexity index is 896. The van der Waals surface area contributed by atoms with Crippen molar-refractivity contribution < 1.29 is 0 Å². The summed E-state index contributed by atoms with van der Waals surface area (Å²) in [5.74, 6) is 0. The topological polar surface area (TPSA) is 17.3 Å². The van der Waals surface area contributed by atoms with Crippen LogP contribution < -0.4 is 0 Å². The van der Waals surface area contributed by atoms with Crippen molar-refractivity contribution in [3.8, 4) is 5.69 Å². The predicted molar refractivity (Wildman–Crippen MR) is 103 cm³/mol. The average molecular weight is 316 g/mol. The average Bonchev–Trinajstić information content (AvgIpc) is 2.84. The van der Waals surface area contributed by atoms with Crippen LogP contribution in [0.5, 0.6) is 0 Å². The lowest BCUT2D eigenvalue weighted by Gasteiger charge is -2.09. The van der Waals surface area contributed by atoms with Gasteiger partial charge in [0, 0.05) is 28.9 Å². The van der Waals surface area contributed by atoms with Gasteiger partial charge in [0.05, 0.1) is 5.69 Å². The Morgan fingerprint density at radius 3 is 2.17 bits per heavy atom. The van der Waals surface area contributed by atoms with E-state index in [1.165, 1.54) is 33.8 Å². The molecule has 122 valence electrons. The molecular weight excluding hydrogens is 292 g/mol. The minimum atomic E-state index is 0.998.